The predicted octanol–water partition coefficient (Wildman–Crippen LogP) is 2.74. The molecule has 0 saturated heterocycles. The summed E-state index contributed by atoms with van der Waals surface area (Å²) < 4.78 is 51.4. The fraction of sp³-hybridized carbons (Fsp3) is 0.471. The average molecular weight is 372 g/mol. The Kier molecular flexibility index (Phi) is 6.52. The number of carbonyl (C=O) groups is 1. The van der Waals surface area contributed by atoms with Crippen LogP contribution >= 0.6 is 0 Å². The van der Waals surface area contributed by atoms with Crippen molar-refractivity contribution in [1.82, 2.24) is 5.32 Å². The monoisotopic (exact) mass is 372 g/mol. The molecule has 0 saturated carbocycles. The normalized spacial score (nSPS) is 14.8. The zero-order chi connectivity index (χ0) is 18.4. The van der Waals surface area contributed by atoms with Gasteiger partial charge in [-0.1, -0.05) is 11.6 Å². The first-order chi connectivity index (χ1) is 11.8. The molecule has 0 heterocycles. The number of hydrogen-bond acceptors (Lipinski definition) is 3. The van der Waals surface area contributed by atoms with Crippen molar-refractivity contribution in [3.63, 3.8) is 0 Å². The second-order valence-electron chi connectivity index (χ2n) is 6.07. The van der Waals surface area contributed by atoms with Crippen LogP contribution < -0.4 is 9.62 Å². The van der Waals surface area contributed by atoms with Gasteiger partial charge in [0.25, 0.3) is 0 Å². The molecule has 2 rings (SSSR count). The van der Waals surface area contributed by atoms with Crippen molar-refractivity contribution in [2.45, 2.75) is 32.1 Å². The van der Waals surface area contributed by atoms with Gasteiger partial charge in [-0.05, 0) is 44.2 Å². The highest BCUT2D eigenvalue weighted by Gasteiger charge is 2.23. The van der Waals surface area contributed by atoms with Crippen molar-refractivity contribution in [2.75, 3.05) is 23.7 Å². The smallest absolute Gasteiger partial charge is 0.240 e. The van der Waals surface area contributed by atoms with Crippen molar-refractivity contribution >= 4 is 21.6 Å². The lowest BCUT2D eigenvalue weighted by atomic mass is 9.97. The molecule has 1 aromatic carbocycles. The van der Waals surface area contributed by atoms with Crippen molar-refractivity contribution in [1.29, 1.82) is 0 Å². The summed E-state index contributed by atoms with van der Waals surface area (Å²) in [7, 11) is -3.90. The first-order valence-corrected chi connectivity index (χ1v) is 9.99. The summed E-state index contributed by atoms with van der Waals surface area (Å²) in [4.78, 5) is 12.1. The van der Waals surface area contributed by atoms with Gasteiger partial charge in [0.15, 0.2) is 0 Å². The van der Waals surface area contributed by atoms with Crippen molar-refractivity contribution in [3.8, 4) is 0 Å². The molecule has 1 aliphatic carbocycles. The van der Waals surface area contributed by atoms with E-state index in [0.717, 1.165) is 44.1 Å². The number of amides is 1. The SMILES string of the molecule is CS(=O)(=O)N(CC(=O)NCCC1=CCCCC1)c1ccc(F)cc1F. The van der Waals surface area contributed by atoms with E-state index in [2.05, 4.69) is 11.4 Å². The third-order valence-electron chi connectivity index (χ3n) is 4.02. The van der Waals surface area contributed by atoms with Crippen LogP contribution in [0, 0.1) is 11.6 Å². The Hall–Kier alpha value is -1.96. The molecule has 0 aromatic heterocycles. The summed E-state index contributed by atoms with van der Waals surface area (Å²) in [6.07, 6.45) is 8.16. The van der Waals surface area contributed by atoms with E-state index in [1.807, 2.05) is 0 Å². The van der Waals surface area contributed by atoms with Crippen LogP contribution in [0.15, 0.2) is 29.8 Å². The molecule has 25 heavy (non-hydrogen) atoms. The molecule has 1 aromatic rings. The first-order valence-electron chi connectivity index (χ1n) is 8.15. The molecular weight excluding hydrogens is 350 g/mol. The number of sulfonamides is 1. The van der Waals surface area contributed by atoms with Gasteiger partial charge in [-0.2, -0.15) is 0 Å². The summed E-state index contributed by atoms with van der Waals surface area (Å²) in [5.41, 5.74) is 0.935. The average Bonchev–Trinajstić information content (AvgIpc) is 2.53. The van der Waals surface area contributed by atoms with E-state index in [9.17, 15) is 22.0 Å². The standard InChI is InChI=1S/C17H22F2N2O3S/c1-25(23,24)21(16-8-7-14(18)11-15(16)19)12-17(22)20-10-9-13-5-3-2-4-6-13/h5,7-8,11H,2-4,6,9-10,12H2,1H3,(H,20,22). The van der Waals surface area contributed by atoms with Gasteiger partial charge in [-0.25, -0.2) is 17.2 Å². The minimum atomic E-state index is -3.90. The van der Waals surface area contributed by atoms with Gasteiger partial charge in [-0.3, -0.25) is 9.10 Å². The second-order valence-corrected chi connectivity index (χ2v) is 7.98. The highest BCUT2D eigenvalue weighted by atomic mass is 32.2. The molecule has 1 aliphatic rings. The van der Waals surface area contributed by atoms with Gasteiger partial charge >= 0.3 is 0 Å². The van der Waals surface area contributed by atoms with Crippen LogP contribution in [0.4, 0.5) is 14.5 Å². The molecule has 0 atom stereocenters. The number of benzene rings is 1. The minimum absolute atomic E-state index is 0.353. The third-order valence-corrected chi connectivity index (χ3v) is 5.15. The Balaban J connectivity index is 1.99. The van der Waals surface area contributed by atoms with Crippen molar-refractivity contribution < 1.29 is 22.0 Å². The minimum Gasteiger partial charge on any atom is -0.354 e. The Morgan fingerprint density at radius 1 is 1.28 bits per heavy atom. The van der Waals surface area contributed by atoms with Crippen LogP contribution in [0.5, 0.6) is 0 Å². The maximum absolute atomic E-state index is 13.9. The topological polar surface area (TPSA) is 66.5 Å². The maximum Gasteiger partial charge on any atom is 0.240 e. The molecular formula is C17H22F2N2O3S. The maximum atomic E-state index is 13.9. The Labute approximate surface area is 146 Å². The van der Waals surface area contributed by atoms with Gasteiger partial charge in [-0.15, -0.1) is 0 Å². The van der Waals surface area contributed by atoms with Crippen LogP contribution in [0.25, 0.3) is 0 Å². The van der Waals surface area contributed by atoms with Crippen LogP contribution in [0.3, 0.4) is 0 Å². The van der Waals surface area contributed by atoms with E-state index in [1.165, 1.54) is 12.0 Å². The van der Waals surface area contributed by atoms with E-state index >= 15 is 0 Å². The summed E-state index contributed by atoms with van der Waals surface area (Å²) in [6, 6.07) is 2.54. The molecule has 0 unspecified atom stereocenters. The van der Waals surface area contributed by atoms with Crippen molar-refractivity contribution in [2.24, 2.45) is 0 Å². The molecule has 1 amide bonds. The summed E-state index contributed by atoms with van der Waals surface area (Å²) in [6.45, 7) is -0.158. The van der Waals surface area contributed by atoms with Crippen LogP contribution in [-0.2, 0) is 14.8 Å². The molecule has 138 valence electrons. The van der Waals surface area contributed by atoms with Crippen LogP contribution in [0.1, 0.15) is 32.1 Å². The number of nitrogens with zero attached hydrogens (tertiary/aromatic N) is 1. The Bertz CT molecular complexity index is 763. The highest BCUT2D eigenvalue weighted by Crippen LogP contribution is 2.22. The number of carbonyl (C=O) groups excluding carboxylic acids is 1. The Morgan fingerprint density at radius 3 is 2.64 bits per heavy atom. The van der Waals surface area contributed by atoms with Gasteiger partial charge in [0.2, 0.25) is 15.9 Å². The second kappa shape index (κ2) is 8.42. The number of hydrogen-bond donors (Lipinski definition) is 1. The van der Waals surface area contributed by atoms with E-state index in [0.29, 0.717) is 16.9 Å². The van der Waals surface area contributed by atoms with Gasteiger partial charge in [0.1, 0.15) is 18.2 Å². The fourth-order valence-electron chi connectivity index (χ4n) is 2.75. The van der Waals surface area contributed by atoms with Gasteiger partial charge in [0, 0.05) is 12.6 Å². The fourth-order valence-corrected chi connectivity index (χ4v) is 3.60. The van der Waals surface area contributed by atoms with Crippen LogP contribution in [0.2, 0.25) is 0 Å². The quantitative estimate of drug-likeness (QED) is 0.749. The lowest BCUT2D eigenvalue weighted by Gasteiger charge is -2.22. The zero-order valence-electron chi connectivity index (χ0n) is 14.1. The number of allylic oxidation sites excluding steroid dienone is 1. The Morgan fingerprint density at radius 2 is 2.04 bits per heavy atom. The van der Waals surface area contributed by atoms with Gasteiger partial charge in [0.05, 0.1) is 11.9 Å². The van der Waals surface area contributed by atoms with E-state index in [4.69, 9.17) is 0 Å². The molecule has 5 nitrogen and oxygen atoms in total. The molecule has 8 heteroatoms. The molecule has 0 spiro atoms. The number of anilines is 1. The summed E-state index contributed by atoms with van der Waals surface area (Å²) in [5.74, 6) is -2.39. The lowest BCUT2D eigenvalue weighted by molar-refractivity contribution is -0.119. The van der Waals surface area contributed by atoms with Crippen LogP contribution in [-0.4, -0.2) is 33.7 Å². The zero-order valence-corrected chi connectivity index (χ0v) is 14.9. The number of rotatable bonds is 7. The predicted molar refractivity (Wildman–Crippen MR) is 92.7 cm³/mol. The summed E-state index contributed by atoms with van der Waals surface area (Å²) >= 11 is 0. The van der Waals surface area contributed by atoms with Crippen molar-refractivity contribution in [3.05, 3.63) is 41.5 Å². The van der Waals surface area contributed by atoms with E-state index in [-0.39, 0.29) is 5.69 Å². The third kappa shape index (κ3) is 5.81. The van der Waals surface area contributed by atoms with Gasteiger partial charge < -0.3 is 5.32 Å². The van der Waals surface area contributed by atoms with E-state index in [1.54, 1.807) is 0 Å². The molecule has 0 fully saturated rings. The molecule has 0 radical (unpaired) electrons. The number of nitrogens with one attached hydrogen (secondary N) is 1. The molecule has 0 bridgehead atoms. The summed E-state index contributed by atoms with van der Waals surface area (Å²) in [5, 5.41) is 2.65. The number of halogens is 2. The lowest BCUT2D eigenvalue weighted by Crippen LogP contribution is -2.41. The largest absolute Gasteiger partial charge is 0.354 e. The van der Waals surface area contributed by atoms with E-state index < -0.39 is 34.1 Å². The molecule has 0 aliphatic heterocycles. The molecule has 1 N–H and O–H groups in total. The first kappa shape index (κ1) is 19.4. The highest BCUT2D eigenvalue weighted by molar-refractivity contribution is 7.92.